The number of ether oxygens (including phenoxy) is 1. The Morgan fingerprint density at radius 1 is 1.16 bits per heavy atom. The van der Waals surface area contributed by atoms with Gasteiger partial charge in [0.15, 0.2) is 0 Å². The van der Waals surface area contributed by atoms with Gasteiger partial charge >= 0.3 is 0 Å². The van der Waals surface area contributed by atoms with Gasteiger partial charge in [-0.05, 0) is 51.6 Å². The van der Waals surface area contributed by atoms with Crippen LogP contribution in [0.2, 0.25) is 0 Å². The second-order valence-corrected chi connectivity index (χ2v) is 7.06. The van der Waals surface area contributed by atoms with Crippen LogP contribution in [-0.2, 0) is 6.54 Å². The molecule has 1 atom stereocenters. The topological polar surface area (TPSA) is 41.5 Å². The van der Waals surface area contributed by atoms with Crippen molar-refractivity contribution in [3.05, 3.63) is 53.6 Å². The van der Waals surface area contributed by atoms with Crippen LogP contribution in [0.5, 0.6) is 5.75 Å². The van der Waals surface area contributed by atoms with Crippen LogP contribution < -0.4 is 4.74 Å². The summed E-state index contributed by atoms with van der Waals surface area (Å²) in [6.07, 6.45) is 2.05. The minimum Gasteiger partial charge on any atom is -0.491 e. The first kappa shape index (κ1) is 17.8. The fourth-order valence-electron chi connectivity index (χ4n) is 3.30. The van der Waals surface area contributed by atoms with Crippen LogP contribution in [0.1, 0.15) is 37.0 Å². The molecule has 2 aromatic rings. The van der Waals surface area contributed by atoms with Crippen molar-refractivity contribution in [1.29, 1.82) is 0 Å². The van der Waals surface area contributed by atoms with Gasteiger partial charge in [0.05, 0.1) is 11.8 Å². The number of piperazine rings is 1. The fraction of sp³-hybridized carbons (Fsp3) is 0.500. The summed E-state index contributed by atoms with van der Waals surface area (Å²) in [4.78, 5) is 13.6. The lowest BCUT2D eigenvalue weighted by atomic mass is 10.0. The van der Waals surface area contributed by atoms with E-state index in [4.69, 9.17) is 4.74 Å². The standard InChI is InChI=1S/C20H28N4O/c1-15(2)25-19-7-5-17(6-8-19)20-14-24(12-11-23(20)4)13-18-9-10-21-16(3)22-18/h5-10,15,20H,11-14H2,1-4H3/t20-/m1/s1. The maximum absolute atomic E-state index is 5.76. The molecule has 0 saturated carbocycles. The molecule has 2 heterocycles. The minimum absolute atomic E-state index is 0.204. The molecule has 1 aliphatic rings. The molecule has 0 aliphatic carbocycles. The zero-order chi connectivity index (χ0) is 17.8. The molecule has 1 aromatic carbocycles. The van der Waals surface area contributed by atoms with Crippen molar-refractivity contribution in [3.63, 3.8) is 0 Å². The SMILES string of the molecule is Cc1nccc(CN2CCN(C)[C@@H](c3ccc(OC(C)C)cc3)C2)n1. The number of benzene rings is 1. The van der Waals surface area contributed by atoms with Crippen LogP contribution in [0.4, 0.5) is 0 Å². The molecule has 1 fully saturated rings. The summed E-state index contributed by atoms with van der Waals surface area (Å²) in [5.41, 5.74) is 2.43. The summed E-state index contributed by atoms with van der Waals surface area (Å²) in [7, 11) is 2.20. The average molecular weight is 340 g/mol. The zero-order valence-electron chi connectivity index (χ0n) is 15.6. The van der Waals surface area contributed by atoms with E-state index in [0.29, 0.717) is 6.04 Å². The first-order chi connectivity index (χ1) is 12.0. The molecule has 1 aliphatic heterocycles. The van der Waals surface area contributed by atoms with E-state index in [2.05, 4.69) is 64.9 Å². The predicted molar refractivity (Wildman–Crippen MR) is 99.6 cm³/mol. The lowest BCUT2D eigenvalue weighted by Gasteiger charge is -2.39. The van der Waals surface area contributed by atoms with Gasteiger partial charge in [0, 0.05) is 38.4 Å². The second kappa shape index (κ2) is 7.93. The van der Waals surface area contributed by atoms with Crippen LogP contribution in [0.25, 0.3) is 0 Å². The van der Waals surface area contributed by atoms with Crippen molar-refractivity contribution >= 4 is 0 Å². The summed E-state index contributed by atoms with van der Waals surface area (Å²) < 4.78 is 5.76. The van der Waals surface area contributed by atoms with Crippen molar-refractivity contribution in [2.75, 3.05) is 26.7 Å². The van der Waals surface area contributed by atoms with E-state index < -0.39 is 0 Å². The van der Waals surface area contributed by atoms with Gasteiger partial charge in [0.2, 0.25) is 0 Å². The summed E-state index contributed by atoms with van der Waals surface area (Å²) >= 11 is 0. The first-order valence-corrected chi connectivity index (χ1v) is 8.99. The normalized spacial score (nSPS) is 19.3. The number of nitrogens with zero attached hydrogens (tertiary/aromatic N) is 4. The summed E-state index contributed by atoms with van der Waals surface area (Å²) in [5, 5.41) is 0. The van der Waals surface area contributed by atoms with Crippen LogP contribution in [-0.4, -0.2) is 52.6 Å². The van der Waals surface area contributed by atoms with Gasteiger partial charge < -0.3 is 4.74 Å². The van der Waals surface area contributed by atoms with Crippen molar-refractivity contribution < 1.29 is 4.74 Å². The molecule has 5 nitrogen and oxygen atoms in total. The highest BCUT2D eigenvalue weighted by Crippen LogP contribution is 2.26. The highest BCUT2D eigenvalue weighted by atomic mass is 16.5. The van der Waals surface area contributed by atoms with Crippen molar-refractivity contribution in [1.82, 2.24) is 19.8 Å². The Morgan fingerprint density at radius 3 is 2.60 bits per heavy atom. The Labute approximate surface area is 150 Å². The van der Waals surface area contributed by atoms with Crippen molar-refractivity contribution in [2.24, 2.45) is 0 Å². The summed E-state index contributed by atoms with van der Waals surface area (Å²) in [6.45, 7) is 10.0. The molecular formula is C20H28N4O. The van der Waals surface area contributed by atoms with E-state index in [1.54, 1.807) is 0 Å². The Morgan fingerprint density at radius 2 is 1.92 bits per heavy atom. The predicted octanol–water partition coefficient (Wildman–Crippen LogP) is 3.06. The summed E-state index contributed by atoms with van der Waals surface area (Å²) in [5.74, 6) is 1.77. The van der Waals surface area contributed by atoms with Gasteiger partial charge in [-0.3, -0.25) is 9.80 Å². The molecule has 0 N–H and O–H groups in total. The van der Waals surface area contributed by atoms with Gasteiger partial charge in [0.25, 0.3) is 0 Å². The largest absolute Gasteiger partial charge is 0.491 e. The van der Waals surface area contributed by atoms with Gasteiger partial charge in [0.1, 0.15) is 11.6 Å². The molecule has 0 radical (unpaired) electrons. The molecule has 25 heavy (non-hydrogen) atoms. The Bertz CT molecular complexity index is 686. The average Bonchev–Trinajstić information content (AvgIpc) is 2.57. The van der Waals surface area contributed by atoms with Gasteiger partial charge in [-0.2, -0.15) is 0 Å². The number of rotatable bonds is 5. The first-order valence-electron chi connectivity index (χ1n) is 8.99. The van der Waals surface area contributed by atoms with Gasteiger partial charge in [-0.15, -0.1) is 0 Å². The third-order valence-electron chi connectivity index (χ3n) is 4.59. The number of aromatic nitrogens is 2. The molecule has 3 rings (SSSR count). The minimum atomic E-state index is 0.204. The molecule has 0 unspecified atom stereocenters. The molecular weight excluding hydrogens is 312 g/mol. The third kappa shape index (κ3) is 4.77. The van der Waals surface area contributed by atoms with Crippen molar-refractivity contribution in [3.8, 4) is 5.75 Å². The van der Waals surface area contributed by atoms with Crippen LogP contribution in [0.3, 0.4) is 0 Å². The lowest BCUT2D eigenvalue weighted by molar-refractivity contribution is 0.0895. The highest BCUT2D eigenvalue weighted by molar-refractivity contribution is 5.30. The lowest BCUT2D eigenvalue weighted by Crippen LogP contribution is -2.46. The Balaban J connectivity index is 1.68. The number of hydrogen-bond acceptors (Lipinski definition) is 5. The van der Waals surface area contributed by atoms with E-state index >= 15 is 0 Å². The molecule has 0 amide bonds. The van der Waals surface area contributed by atoms with Crippen LogP contribution in [0, 0.1) is 6.92 Å². The molecule has 5 heteroatoms. The molecule has 0 bridgehead atoms. The number of likely N-dealkylation sites (N-methyl/N-ethyl adjacent to an activating group) is 1. The number of hydrogen-bond donors (Lipinski definition) is 0. The van der Waals surface area contributed by atoms with Gasteiger partial charge in [-0.25, -0.2) is 9.97 Å². The molecule has 134 valence electrons. The van der Waals surface area contributed by atoms with E-state index in [9.17, 15) is 0 Å². The monoisotopic (exact) mass is 340 g/mol. The molecule has 1 saturated heterocycles. The maximum Gasteiger partial charge on any atom is 0.125 e. The smallest absolute Gasteiger partial charge is 0.125 e. The number of aryl methyl sites for hydroxylation is 1. The molecule has 1 aromatic heterocycles. The second-order valence-electron chi connectivity index (χ2n) is 7.06. The Kier molecular flexibility index (Phi) is 5.66. The van der Waals surface area contributed by atoms with E-state index in [1.807, 2.05) is 19.2 Å². The zero-order valence-corrected chi connectivity index (χ0v) is 15.6. The van der Waals surface area contributed by atoms with E-state index in [-0.39, 0.29) is 6.10 Å². The maximum atomic E-state index is 5.76. The van der Waals surface area contributed by atoms with Crippen LogP contribution >= 0.6 is 0 Å². The van der Waals surface area contributed by atoms with E-state index in [1.165, 1.54) is 5.56 Å². The van der Waals surface area contributed by atoms with Crippen molar-refractivity contribution in [2.45, 2.75) is 39.5 Å². The van der Waals surface area contributed by atoms with Crippen LogP contribution in [0.15, 0.2) is 36.5 Å². The quantitative estimate of drug-likeness (QED) is 0.837. The summed E-state index contributed by atoms with van der Waals surface area (Å²) in [6, 6.07) is 10.9. The van der Waals surface area contributed by atoms with E-state index in [0.717, 1.165) is 43.4 Å². The third-order valence-corrected chi connectivity index (χ3v) is 4.59. The Hall–Kier alpha value is -1.98. The fourth-order valence-corrected chi connectivity index (χ4v) is 3.30. The molecule has 0 spiro atoms. The highest BCUT2D eigenvalue weighted by Gasteiger charge is 2.26. The van der Waals surface area contributed by atoms with Gasteiger partial charge in [-0.1, -0.05) is 12.1 Å².